The van der Waals surface area contributed by atoms with Gasteiger partial charge in [0, 0.05) is 17.7 Å². The smallest absolute Gasteiger partial charge is 0.162 e. The highest BCUT2D eigenvalue weighted by atomic mass is 19.1. The lowest BCUT2D eigenvalue weighted by atomic mass is 10.1. The Morgan fingerprint density at radius 1 is 1.50 bits per heavy atom. The molecule has 12 heavy (non-hydrogen) atoms. The molecule has 1 aromatic carbocycles. The van der Waals surface area contributed by atoms with E-state index in [1.54, 1.807) is 6.92 Å². The summed E-state index contributed by atoms with van der Waals surface area (Å²) in [6.45, 7) is 1.73. The number of halogens is 1. The Hall–Kier alpha value is -1.38. The quantitative estimate of drug-likeness (QED) is 0.540. The maximum absolute atomic E-state index is 12.7. The van der Waals surface area contributed by atoms with Gasteiger partial charge >= 0.3 is 0 Å². The van der Waals surface area contributed by atoms with Crippen molar-refractivity contribution in [2.24, 2.45) is 0 Å². The number of hydrogen-bond donors (Lipinski definition) is 1. The van der Waals surface area contributed by atoms with Gasteiger partial charge in [-0.05, 0) is 18.2 Å². The van der Waals surface area contributed by atoms with Gasteiger partial charge < -0.3 is 5.73 Å². The van der Waals surface area contributed by atoms with Crippen LogP contribution in [0, 0.1) is 5.82 Å². The maximum Gasteiger partial charge on any atom is 0.162 e. The van der Waals surface area contributed by atoms with Crippen LogP contribution in [0.2, 0.25) is 0 Å². The number of benzene rings is 1. The molecule has 1 rings (SSSR count). The summed E-state index contributed by atoms with van der Waals surface area (Å²) >= 11 is 0. The van der Waals surface area contributed by atoms with Crippen molar-refractivity contribution < 1.29 is 9.18 Å². The van der Waals surface area contributed by atoms with E-state index in [1.165, 1.54) is 18.2 Å². The average molecular weight is 167 g/mol. The molecule has 2 nitrogen and oxygen atoms in total. The summed E-state index contributed by atoms with van der Waals surface area (Å²) in [6.07, 6.45) is 0.364. The van der Waals surface area contributed by atoms with Crippen molar-refractivity contribution in [2.45, 2.75) is 13.3 Å². The SMILES string of the molecule is CCC(=O)c1cc(N)cc(F)c1. The number of anilines is 1. The van der Waals surface area contributed by atoms with Gasteiger partial charge in [0.15, 0.2) is 5.78 Å². The van der Waals surface area contributed by atoms with Crippen molar-refractivity contribution in [1.82, 2.24) is 0 Å². The zero-order valence-electron chi connectivity index (χ0n) is 6.80. The molecule has 2 N–H and O–H groups in total. The van der Waals surface area contributed by atoms with Crippen LogP contribution in [0.1, 0.15) is 23.7 Å². The third-order valence-corrected chi connectivity index (χ3v) is 1.56. The van der Waals surface area contributed by atoms with E-state index in [0.29, 0.717) is 12.0 Å². The summed E-state index contributed by atoms with van der Waals surface area (Å²) in [5.74, 6) is -0.562. The van der Waals surface area contributed by atoms with E-state index in [0.717, 1.165) is 0 Å². The van der Waals surface area contributed by atoms with Crippen molar-refractivity contribution in [3.63, 3.8) is 0 Å². The fraction of sp³-hybridized carbons (Fsp3) is 0.222. The molecule has 0 aromatic heterocycles. The van der Waals surface area contributed by atoms with Crippen LogP contribution in [0.3, 0.4) is 0 Å². The molecule has 1 aromatic rings. The molecule has 0 spiro atoms. The molecule has 0 aliphatic rings. The molecule has 3 heteroatoms. The van der Waals surface area contributed by atoms with E-state index in [1.807, 2.05) is 0 Å². The molecule has 0 aliphatic heterocycles. The van der Waals surface area contributed by atoms with Gasteiger partial charge in [-0.25, -0.2) is 4.39 Å². The molecular formula is C9H10FNO. The third-order valence-electron chi connectivity index (χ3n) is 1.56. The fourth-order valence-electron chi connectivity index (χ4n) is 0.977. The van der Waals surface area contributed by atoms with Crippen LogP contribution in [0.5, 0.6) is 0 Å². The summed E-state index contributed by atoms with van der Waals surface area (Å²) in [5.41, 5.74) is 5.99. The first-order valence-corrected chi connectivity index (χ1v) is 3.72. The first-order valence-electron chi connectivity index (χ1n) is 3.72. The molecule has 64 valence electrons. The molecule has 0 atom stereocenters. The van der Waals surface area contributed by atoms with E-state index in [4.69, 9.17) is 5.73 Å². The Kier molecular flexibility index (Phi) is 2.43. The molecule has 0 bridgehead atoms. The number of Topliss-reactive ketones (excluding diaryl/α,β-unsaturated/α-hetero) is 1. The summed E-state index contributed by atoms with van der Waals surface area (Å²) in [5, 5.41) is 0. The van der Waals surface area contributed by atoms with Crippen molar-refractivity contribution in [3.05, 3.63) is 29.6 Å². The van der Waals surface area contributed by atoms with Crippen molar-refractivity contribution in [1.29, 1.82) is 0 Å². The predicted octanol–water partition coefficient (Wildman–Crippen LogP) is 2.00. The Balaban J connectivity index is 3.08. The molecule has 0 saturated heterocycles. The fourth-order valence-corrected chi connectivity index (χ4v) is 0.977. The van der Waals surface area contributed by atoms with Crippen molar-refractivity contribution >= 4 is 11.5 Å². The van der Waals surface area contributed by atoms with Gasteiger partial charge in [-0.3, -0.25) is 4.79 Å². The minimum Gasteiger partial charge on any atom is -0.399 e. The third kappa shape index (κ3) is 1.81. The van der Waals surface area contributed by atoms with Gasteiger partial charge in [0.25, 0.3) is 0 Å². The highest BCUT2D eigenvalue weighted by Crippen LogP contribution is 2.12. The molecular weight excluding hydrogens is 157 g/mol. The first kappa shape index (κ1) is 8.71. The van der Waals surface area contributed by atoms with Gasteiger partial charge in [0.2, 0.25) is 0 Å². The van der Waals surface area contributed by atoms with Crippen LogP contribution in [-0.4, -0.2) is 5.78 Å². The number of rotatable bonds is 2. The number of nitrogens with two attached hydrogens (primary N) is 1. The molecule has 0 heterocycles. The second-order valence-electron chi connectivity index (χ2n) is 2.55. The standard InChI is InChI=1S/C9H10FNO/c1-2-9(12)6-3-7(10)5-8(11)4-6/h3-5H,2,11H2,1H3. The summed E-state index contributed by atoms with van der Waals surface area (Å²) in [4.78, 5) is 11.1. The molecule has 0 saturated carbocycles. The summed E-state index contributed by atoms with van der Waals surface area (Å²) in [6, 6.07) is 3.86. The van der Waals surface area contributed by atoms with Crippen LogP contribution in [0.4, 0.5) is 10.1 Å². The number of nitrogen functional groups attached to an aromatic ring is 1. The van der Waals surface area contributed by atoms with Crippen LogP contribution < -0.4 is 5.73 Å². The van der Waals surface area contributed by atoms with Gasteiger partial charge in [-0.2, -0.15) is 0 Å². The second kappa shape index (κ2) is 3.34. The lowest BCUT2D eigenvalue weighted by molar-refractivity contribution is 0.0988. The normalized spacial score (nSPS) is 9.83. The van der Waals surface area contributed by atoms with Gasteiger partial charge in [0.1, 0.15) is 5.82 Å². The summed E-state index contributed by atoms with van der Waals surface area (Å²) < 4.78 is 12.7. The Bertz CT molecular complexity index is 289. The van der Waals surface area contributed by atoms with Crippen LogP contribution >= 0.6 is 0 Å². The highest BCUT2D eigenvalue weighted by Gasteiger charge is 2.04. The first-order chi connectivity index (χ1) is 5.63. The van der Waals surface area contributed by atoms with E-state index in [9.17, 15) is 9.18 Å². The Labute approximate surface area is 70.2 Å². The van der Waals surface area contributed by atoms with Crippen molar-refractivity contribution in [3.8, 4) is 0 Å². The zero-order chi connectivity index (χ0) is 9.14. The average Bonchev–Trinajstić information content (AvgIpc) is 2.01. The van der Waals surface area contributed by atoms with Gasteiger partial charge in [-0.15, -0.1) is 0 Å². The minimum absolute atomic E-state index is 0.0961. The van der Waals surface area contributed by atoms with E-state index in [2.05, 4.69) is 0 Å². The molecule has 0 amide bonds. The van der Waals surface area contributed by atoms with Crippen LogP contribution in [0.15, 0.2) is 18.2 Å². The Morgan fingerprint density at radius 3 is 2.67 bits per heavy atom. The zero-order valence-corrected chi connectivity index (χ0v) is 6.80. The lowest BCUT2D eigenvalue weighted by Crippen LogP contribution is -1.99. The Morgan fingerprint density at radius 2 is 2.17 bits per heavy atom. The highest BCUT2D eigenvalue weighted by molar-refractivity contribution is 5.96. The molecule has 0 unspecified atom stereocenters. The van der Waals surface area contributed by atoms with Gasteiger partial charge in [-0.1, -0.05) is 6.92 Å². The lowest BCUT2D eigenvalue weighted by Gasteiger charge is -1.99. The largest absolute Gasteiger partial charge is 0.399 e. The number of carbonyl (C=O) groups is 1. The number of ketones is 1. The summed E-state index contributed by atoms with van der Waals surface area (Å²) in [7, 11) is 0. The molecule has 0 radical (unpaired) electrons. The number of hydrogen-bond acceptors (Lipinski definition) is 2. The maximum atomic E-state index is 12.7. The predicted molar refractivity (Wildman–Crippen MR) is 45.4 cm³/mol. The number of carbonyl (C=O) groups excluding carboxylic acids is 1. The van der Waals surface area contributed by atoms with Crippen LogP contribution in [-0.2, 0) is 0 Å². The van der Waals surface area contributed by atoms with E-state index in [-0.39, 0.29) is 11.5 Å². The van der Waals surface area contributed by atoms with Crippen molar-refractivity contribution in [2.75, 3.05) is 5.73 Å². The van der Waals surface area contributed by atoms with Gasteiger partial charge in [0.05, 0.1) is 0 Å². The minimum atomic E-state index is -0.466. The van der Waals surface area contributed by atoms with E-state index < -0.39 is 5.82 Å². The molecule has 0 aliphatic carbocycles. The monoisotopic (exact) mass is 167 g/mol. The second-order valence-corrected chi connectivity index (χ2v) is 2.55. The topological polar surface area (TPSA) is 43.1 Å². The van der Waals surface area contributed by atoms with E-state index >= 15 is 0 Å². The molecule has 0 fully saturated rings. The van der Waals surface area contributed by atoms with Crippen LogP contribution in [0.25, 0.3) is 0 Å².